The minimum absolute atomic E-state index is 0.0721. The van der Waals surface area contributed by atoms with Crippen molar-refractivity contribution in [2.24, 2.45) is 0 Å². The summed E-state index contributed by atoms with van der Waals surface area (Å²) in [7, 11) is -4.21. The lowest BCUT2D eigenvalue weighted by molar-refractivity contribution is -0.102. The number of rotatable bonds is 6. The van der Waals surface area contributed by atoms with Crippen LogP contribution >= 0.6 is 11.3 Å². The number of fused-ring (bicyclic) bond motifs is 1. The van der Waals surface area contributed by atoms with Crippen molar-refractivity contribution in [2.75, 3.05) is 24.6 Å². The summed E-state index contributed by atoms with van der Waals surface area (Å²) >= 11 is 0.652. The first kappa shape index (κ1) is 24.8. The molecule has 0 bridgehead atoms. The molecule has 0 aliphatic carbocycles. The number of hydrogen-bond acceptors (Lipinski definition) is 11. The van der Waals surface area contributed by atoms with Crippen LogP contribution < -0.4 is 14.9 Å². The number of sulfonamides is 1. The van der Waals surface area contributed by atoms with E-state index in [9.17, 15) is 22.5 Å². The molecule has 2 aliphatic rings. The van der Waals surface area contributed by atoms with Gasteiger partial charge in [-0.15, -0.1) is 20.4 Å². The van der Waals surface area contributed by atoms with E-state index in [1.165, 1.54) is 16.7 Å². The standard InChI is InChI=1S/C20H23F2N9O3S2/c1-10-5-30(6-11(2)24-10)14-4-13(36(32,33)29-20(8-23)9-34-12(20)3)7-31-16(14)25-26-17(31)19-28-27-18(35-19)15(21)22/h4,7,10-12,15,24,29H,5-6,9H2,1-3H3/t10-,11-,12?,20?/m0/s1. The fourth-order valence-corrected chi connectivity index (χ4v) is 6.45. The van der Waals surface area contributed by atoms with Gasteiger partial charge in [-0.05, 0) is 26.8 Å². The molecule has 0 radical (unpaired) electrons. The Balaban J connectivity index is 1.66. The second-order valence-electron chi connectivity index (χ2n) is 9.04. The Kier molecular flexibility index (Phi) is 6.16. The highest BCUT2D eigenvalue weighted by Gasteiger charge is 2.49. The zero-order chi connectivity index (χ0) is 25.8. The second kappa shape index (κ2) is 8.92. The summed E-state index contributed by atoms with van der Waals surface area (Å²) in [5.41, 5.74) is -0.554. The van der Waals surface area contributed by atoms with Crippen molar-refractivity contribution in [3.05, 3.63) is 17.3 Å². The van der Waals surface area contributed by atoms with Gasteiger partial charge in [0.25, 0.3) is 6.43 Å². The fourth-order valence-electron chi connectivity index (χ4n) is 4.39. The van der Waals surface area contributed by atoms with Crippen LogP contribution in [0.25, 0.3) is 16.5 Å². The van der Waals surface area contributed by atoms with E-state index in [1.54, 1.807) is 6.92 Å². The van der Waals surface area contributed by atoms with Gasteiger partial charge in [-0.25, -0.2) is 17.2 Å². The van der Waals surface area contributed by atoms with Gasteiger partial charge in [0.15, 0.2) is 27.0 Å². The molecule has 12 nitrogen and oxygen atoms in total. The maximum absolute atomic E-state index is 13.5. The van der Waals surface area contributed by atoms with Crippen LogP contribution in [0.4, 0.5) is 14.5 Å². The third kappa shape index (κ3) is 4.20. The van der Waals surface area contributed by atoms with Gasteiger partial charge in [-0.1, -0.05) is 11.3 Å². The number of pyridine rings is 1. The van der Waals surface area contributed by atoms with Crippen molar-refractivity contribution >= 4 is 32.7 Å². The lowest BCUT2D eigenvalue weighted by Gasteiger charge is -2.42. The van der Waals surface area contributed by atoms with Crippen LogP contribution in [0.3, 0.4) is 0 Å². The minimum atomic E-state index is -4.21. The van der Waals surface area contributed by atoms with Crippen molar-refractivity contribution in [3.8, 4) is 16.9 Å². The quantitative estimate of drug-likeness (QED) is 0.470. The Bertz CT molecular complexity index is 1440. The molecule has 3 aromatic heterocycles. The molecule has 5 heterocycles. The summed E-state index contributed by atoms with van der Waals surface area (Å²) in [6.07, 6.45) is -2.14. The maximum Gasteiger partial charge on any atom is 0.291 e. The topological polar surface area (TPSA) is 150 Å². The normalized spacial score (nSPS) is 26.8. The third-order valence-corrected chi connectivity index (χ3v) is 8.66. The molecule has 2 aliphatic heterocycles. The van der Waals surface area contributed by atoms with E-state index in [0.717, 1.165) is 0 Å². The summed E-state index contributed by atoms with van der Waals surface area (Å²) in [6, 6.07) is 3.72. The molecule has 4 atom stereocenters. The van der Waals surface area contributed by atoms with Crippen LogP contribution in [-0.2, 0) is 14.8 Å². The highest BCUT2D eigenvalue weighted by Crippen LogP contribution is 2.33. The first-order valence-corrected chi connectivity index (χ1v) is 13.4. The molecule has 3 aromatic rings. The number of ether oxygens (including phenoxy) is 1. The Labute approximate surface area is 209 Å². The van der Waals surface area contributed by atoms with Gasteiger partial charge in [0.1, 0.15) is 4.90 Å². The first-order valence-electron chi connectivity index (χ1n) is 11.1. The Morgan fingerprint density at radius 3 is 2.53 bits per heavy atom. The second-order valence-corrected chi connectivity index (χ2v) is 11.7. The van der Waals surface area contributed by atoms with Crippen molar-refractivity contribution in [3.63, 3.8) is 0 Å². The molecule has 2 fully saturated rings. The fraction of sp³-hybridized carbons (Fsp3) is 0.550. The van der Waals surface area contributed by atoms with Crippen molar-refractivity contribution < 1.29 is 21.9 Å². The molecule has 0 spiro atoms. The predicted molar refractivity (Wildman–Crippen MR) is 125 cm³/mol. The zero-order valence-electron chi connectivity index (χ0n) is 19.5. The van der Waals surface area contributed by atoms with Crippen LogP contribution in [0, 0.1) is 11.3 Å². The highest BCUT2D eigenvalue weighted by atomic mass is 32.2. The summed E-state index contributed by atoms with van der Waals surface area (Å²) in [5.74, 6) is 0.0827. The van der Waals surface area contributed by atoms with Gasteiger partial charge < -0.3 is 15.0 Å². The van der Waals surface area contributed by atoms with E-state index in [1.807, 2.05) is 24.8 Å². The number of alkyl halides is 2. The van der Waals surface area contributed by atoms with Crippen LogP contribution in [0.1, 0.15) is 32.2 Å². The monoisotopic (exact) mass is 539 g/mol. The van der Waals surface area contributed by atoms with Crippen LogP contribution in [0.5, 0.6) is 0 Å². The molecule has 2 N–H and O–H groups in total. The molecule has 0 aromatic carbocycles. The molecule has 5 rings (SSSR count). The van der Waals surface area contributed by atoms with E-state index in [-0.39, 0.29) is 34.4 Å². The van der Waals surface area contributed by atoms with E-state index >= 15 is 0 Å². The molecule has 2 unspecified atom stereocenters. The SMILES string of the molecule is CC1OCC1(C#N)NS(=O)(=O)c1cc(N2C[C@H](C)N[C@@H](C)C2)c2nnc(-c3nnc(C(F)F)s3)n2c1. The van der Waals surface area contributed by atoms with Gasteiger partial charge >= 0.3 is 0 Å². The number of hydrogen-bond donors (Lipinski definition) is 2. The van der Waals surface area contributed by atoms with Crippen LogP contribution in [-0.4, -0.2) is 76.6 Å². The van der Waals surface area contributed by atoms with Gasteiger partial charge in [0, 0.05) is 31.4 Å². The Morgan fingerprint density at radius 1 is 1.25 bits per heavy atom. The largest absolute Gasteiger partial charge is 0.372 e. The summed E-state index contributed by atoms with van der Waals surface area (Å²) in [6.45, 7) is 6.70. The highest BCUT2D eigenvalue weighted by molar-refractivity contribution is 7.89. The minimum Gasteiger partial charge on any atom is -0.372 e. The molecule has 192 valence electrons. The molecule has 0 saturated carbocycles. The smallest absolute Gasteiger partial charge is 0.291 e. The number of nitrogens with one attached hydrogen (secondary N) is 2. The van der Waals surface area contributed by atoms with Gasteiger partial charge in [0.2, 0.25) is 10.0 Å². The molecule has 2 saturated heterocycles. The van der Waals surface area contributed by atoms with Crippen molar-refractivity contribution in [1.29, 1.82) is 5.26 Å². The molecule has 16 heteroatoms. The third-order valence-electron chi connectivity index (χ3n) is 6.26. The lowest BCUT2D eigenvalue weighted by Crippen LogP contribution is -2.66. The number of nitriles is 1. The summed E-state index contributed by atoms with van der Waals surface area (Å²) < 4.78 is 62.4. The van der Waals surface area contributed by atoms with E-state index in [0.29, 0.717) is 35.8 Å². The number of halogens is 2. The van der Waals surface area contributed by atoms with E-state index in [2.05, 4.69) is 30.4 Å². The molecular formula is C20H23F2N9O3S2. The van der Waals surface area contributed by atoms with Crippen molar-refractivity contribution in [1.82, 2.24) is 34.8 Å². The molecule has 0 amide bonds. The number of piperazine rings is 1. The Hall–Kier alpha value is -2.84. The number of anilines is 1. The van der Waals surface area contributed by atoms with Crippen LogP contribution in [0.2, 0.25) is 0 Å². The van der Waals surface area contributed by atoms with Gasteiger partial charge in [0.05, 0.1) is 24.5 Å². The van der Waals surface area contributed by atoms with E-state index in [4.69, 9.17) is 4.74 Å². The summed E-state index contributed by atoms with van der Waals surface area (Å²) in [5, 5.41) is 28.3. The Morgan fingerprint density at radius 2 is 1.97 bits per heavy atom. The molecule has 36 heavy (non-hydrogen) atoms. The van der Waals surface area contributed by atoms with Gasteiger partial charge in [-0.2, -0.15) is 9.98 Å². The zero-order valence-corrected chi connectivity index (χ0v) is 21.1. The van der Waals surface area contributed by atoms with Gasteiger partial charge in [-0.3, -0.25) is 4.40 Å². The number of nitrogens with zero attached hydrogens (tertiary/aromatic N) is 7. The predicted octanol–water partition coefficient (Wildman–Crippen LogP) is 1.33. The van der Waals surface area contributed by atoms with Crippen LogP contribution in [0.15, 0.2) is 17.2 Å². The maximum atomic E-state index is 13.5. The average Bonchev–Trinajstić information content (AvgIpc) is 3.47. The number of aromatic nitrogens is 5. The van der Waals surface area contributed by atoms with E-state index < -0.39 is 33.1 Å². The first-order chi connectivity index (χ1) is 17.0. The average molecular weight is 540 g/mol. The molecular weight excluding hydrogens is 516 g/mol. The summed E-state index contributed by atoms with van der Waals surface area (Å²) in [4.78, 5) is 1.86. The van der Waals surface area contributed by atoms with Crippen molar-refractivity contribution in [2.45, 2.75) is 55.8 Å². The lowest BCUT2D eigenvalue weighted by atomic mass is 9.92.